The van der Waals surface area contributed by atoms with Crippen LogP contribution in [0.1, 0.15) is 21.8 Å². The summed E-state index contributed by atoms with van der Waals surface area (Å²) < 4.78 is 15.5. The molecule has 0 aliphatic carbocycles. The van der Waals surface area contributed by atoms with Gasteiger partial charge in [0.05, 0.1) is 12.7 Å². The average molecular weight is 324 g/mol. The summed E-state index contributed by atoms with van der Waals surface area (Å²) in [7, 11) is 1.56. The first kappa shape index (κ1) is 15.7. The van der Waals surface area contributed by atoms with Gasteiger partial charge in [-0.3, -0.25) is 0 Å². The minimum atomic E-state index is -0.479. The number of ether oxygens (including phenoxy) is 2. The number of esters is 1. The Morgan fingerprint density at radius 1 is 1.17 bits per heavy atom. The van der Waals surface area contributed by atoms with E-state index in [0.29, 0.717) is 17.1 Å². The number of carbonyl (C=O) groups excluding carboxylic acids is 1. The van der Waals surface area contributed by atoms with Crippen LogP contribution < -0.4 is 4.74 Å². The smallest absolute Gasteiger partial charge is 0.338 e. The molecule has 1 aromatic heterocycles. The quantitative estimate of drug-likeness (QED) is 0.670. The third kappa shape index (κ3) is 3.43. The van der Waals surface area contributed by atoms with Gasteiger partial charge in [0.1, 0.15) is 5.75 Å². The van der Waals surface area contributed by atoms with Crippen molar-refractivity contribution in [2.24, 2.45) is 0 Å². The van der Waals surface area contributed by atoms with Gasteiger partial charge in [-0.1, -0.05) is 41.6 Å². The van der Waals surface area contributed by atoms with Crippen LogP contribution in [0.3, 0.4) is 0 Å². The molecule has 6 heteroatoms. The van der Waals surface area contributed by atoms with Gasteiger partial charge in [0.2, 0.25) is 5.82 Å². The Kier molecular flexibility index (Phi) is 4.56. The highest BCUT2D eigenvalue weighted by molar-refractivity contribution is 5.90. The van der Waals surface area contributed by atoms with Crippen LogP contribution in [0.25, 0.3) is 11.4 Å². The molecule has 3 aromatic rings. The molecule has 0 saturated carbocycles. The number of benzene rings is 2. The summed E-state index contributed by atoms with van der Waals surface area (Å²) in [6.07, 6.45) is 0. The highest BCUT2D eigenvalue weighted by atomic mass is 16.6. The highest BCUT2D eigenvalue weighted by Crippen LogP contribution is 2.20. The molecule has 0 aliphatic heterocycles. The predicted octanol–water partition coefficient (Wildman–Crippen LogP) is 3.41. The summed E-state index contributed by atoms with van der Waals surface area (Å²) >= 11 is 0. The van der Waals surface area contributed by atoms with Crippen molar-refractivity contribution in [3.8, 4) is 17.1 Å². The minimum Gasteiger partial charge on any atom is -0.496 e. The van der Waals surface area contributed by atoms with Crippen LogP contribution in [0, 0.1) is 6.92 Å². The van der Waals surface area contributed by atoms with E-state index in [9.17, 15) is 4.79 Å². The van der Waals surface area contributed by atoms with E-state index in [1.165, 1.54) is 0 Å². The van der Waals surface area contributed by atoms with Crippen molar-refractivity contribution in [1.29, 1.82) is 0 Å². The Morgan fingerprint density at radius 2 is 1.96 bits per heavy atom. The van der Waals surface area contributed by atoms with Gasteiger partial charge in [0.15, 0.2) is 6.61 Å². The van der Waals surface area contributed by atoms with Crippen LogP contribution in [-0.2, 0) is 11.3 Å². The molecule has 0 unspecified atom stereocenters. The molecule has 24 heavy (non-hydrogen) atoms. The van der Waals surface area contributed by atoms with Gasteiger partial charge in [-0.05, 0) is 24.6 Å². The molecule has 3 rings (SSSR count). The number of rotatable bonds is 5. The van der Waals surface area contributed by atoms with Gasteiger partial charge in [-0.15, -0.1) is 0 Å². The number of hydrogen-bond donors (Lipinski definition) is 0. The largest absolute Gasteiger partial charge is 0.496 e. The maximum Gasteiger partial charge on any atom is 0.338 e. The van der Waals surface area contributed by atoms with E-state index in [2.05, 4.69) is 10.1 Å². The maximum absolute atomic E-state index is 12.1. The zero-order valence-electron chi connectivity index (χ0n) is 13.4. The number of methoxy groups -OCH3 is 1. The number of nitrogens with zero attached hydrogens (tertiary/aromatic N) is 2. The molecular weight excluding hydrogens is 308 g/mol. The van der Waals surface area contributed by atoms with E-state index in [1.807, 2.05) is 37.3 Å². The van der Waals surface area contributed by atoms with Gasteiger partial charge < -0.3 is 14.0 Å². The summed E-state index contributed by atoms with van der Waals surface area (Å²) in [5.41, 5.74) is 2.18. The fourth-order valence-corrected chi connectivity index (χ4v) is 2.18. The van der Waals surface area contributed by atoms with E-state index in [0.717, 1.165) is 11.1 Å². The van der Waals surface area contributed by atoms with Gasteiger partial charge in [0.25, 0.3) is 5.89 Å². The molecule has 0 N–H and O–H groups in total. The molecule has 2 aromatic carbocycles. The zero-order valence-corrected chi connectivity index (χ0v) is 13.4. The van der Waals surface area contributed by atoms with E-state index in [1.54, 1.807) is 25.3 Å². The Hall–Kier alpha value is -3.15. The lowest BCUT2D eigenvalue weighted by Crippen LogP contribution is -2.06. The molecule has 0 spiro atoms. The lowest BCUT2D eigenvalue weighted by atomic mass is 10.1. The average Bonchev–Trinajstić information content (AvgIpc) is 3.10. The van der Waals surface area contributed by atoms with Gasteiger partial charge in [0, 0.05) is 5.56 Å². The predicted molar refractivity (Wildman–Crippen MR) is 86.6 cm³/mol. The van der Waals surface area contributed by atoms with Gasteiger partial charge in [-0.2, -0.15) is 4.98 Å². The van der Waals surface area contributed by atoms with Crippen LogP contribution in [-0.4, -0.2) is 23.2 Å². The topological polar surface area (TPSA) is 74.5 Å². The molecule has 0 amide bonds. The second-order valence-corrected chi connectivity index (χ2v) is 5.14. The van der Waals surface area contributed by atoms with Crippen molar-refractivity contribution in [1.82, 2.24) is 10.1 Å². The van der Waals surface area contributed by atoms with E-state index >= 15 is 0 Å². The summed E-state index contributed by atoms with van der Waals surface area (Å²) in [6, 6.07) is 14.5. The van der Waals surface area contributed by atoms with Crippen molar-refractivity contribution in [2.75, 3.05) is 7.11 Å². The molecule has 1 heterocycles. The molecule has 0 saturated heterocycles. The summed E-state index contributed by atoms with van der Waals surface area (Å²) in [5.74, 6) is 0.848. The Bertz CT molecular complexity index is 843. The van der Waals surface area contributed by atoms with Crippen molar-refractivity contribution < 1.29 is 18.8 Å². The first-order valence-electron chi connectivity index (χ1n) is 7.37. The molecule has 0 atom stereocenters. The summed E-state index contributed by atoms with van der Waals surface area (Å²) in [4.78, 5) is 16.3. The number of carbonyl (C=O) groups is 1. The summed E-state index contributed by atoms with van der Waals surface area (Å²) in [6.45, 7) is 1.81. The zero-order chi connectivity index (χ0) is 16.9. The molecule has 0 fully saturated rings. The van der Waals surface area contributed by atoms with Gasteiger partial charge in [-0.25, -0.2) is 4.79 Å². The fourth-order valence-electron chi connectivity index (χ4n) is 2.18. The minimum absolute atomic E-state index is 0.0884. The van der Waals surface area contributed by atoms with Crippen molar-refractivity contribution in [3.05, 3.63) is 65.5 Å². The van der Waals surface area contributed by atoms with E-state index < -0.39 is 5.97 Å². The lowest BCUT2D eigenvalue weighted by Gasteiger charge is -2.07. The first-order chi connectivity index (χ1) is 11.7. The molecule has 6 nitrogen and oxygen atoms in total. The second-order valence-electron chi connectivity index (χ2n) is 5.14. The second kappa shape index (κ2) is 6.95. The molecule has 0 aliphatic rings. The van der Waals surface area contributed by atoms with Crippen molar-refractivity contribution in [2.45, 2.75) is 13.5 Å². The Labute approximate surface area is 139 Å². The summed E-state index contributed by atoms with van der Waals surface area (Å²) in [5, 5.41) is 3.88. The van der Waals surface area contributed by atoms with Crippen LogP contribution >= 0.6 is 0 Å². The van der Waals surface area contributed by atoms with Crippen molar-refractivity contribution >= 4 is 5.97 Å². The van der Waals surface area contributed by atoms with Crippen LogP contribution in [0.4, 0.5) is 0 Å². The highest BCUT2D eigenvalue weighted by Gasteiger charge is 2.13. The number of hydrogen-bond acceptors (Lipinski definition) is 6. The third-order valence-electron chi connectivity index (χ3n) is 3.47. The molecule has 0 radical (unpaired) electrons. The van der Waals surface area contributed by atoms with Crippen LogP contribution in [0.2, 0.25) is 0 Å². The number of aryl methyl sites for hydroxylation is 1. The lowest BCUT2D eigenvalue weighted by molar-refractivity contribution is 0.0429. The van der Waals surface area contributed by atoms with E-state index in [-0.39, 0.29) is 12.5 Å². The third-order valence-corrected chi connectivity index (χ3v) is 3.47. The monoisotopic (exact) mass is 324 g/mol. The van der Waals surface area contributed by atoms with Gasteiger partial charge >= 0.3 is 5.97 Å². The van der Waals surface area contributed by atoms with Crippen molar-refractivity contribution in [3.63, 3.8) is 0 Å². The molecule has 122 valence electrons. The molecule has 0 bridgehead atoms. The first-order valence-corrected chi connectivity index (χ1v) is 7.37. The standard InChI is InChI=1S/C18H16N2O4/c1-12-8-9-14(10-15(12)22-2)18(21)23-11-16-19-17(20-24-16)13-6-4-3-5-7-13/h3-10H,11H2,1-2H3. The van der Waals surface area contributed by atoms with E-state index in [4.69, 9.17) is 14.0 Å². The SMILES string of the molecule is COc1cc(C(=O)OCc2nc(-c3ccccc3)no2)ccc1C. The number of aromatic nitrogens is 2. The maximum atomic E-state index is 12.1. The normalized spacial score (nSPS) is 10.4. The Morgan fingerprint density at radius 3 is 2.71 bits per heavy atom. The van der Waals surface area contributed by atoms with Crippen LogP contribution in [0.5, 0.6) is 5.75 Å². The fraction of sp³-hybridized carbons (Fsp3) is 0.167. The Balaban J connectivity index is 1.66. The van der Waals surface area contributed by atoms with Crippen LogP contribution in [0.15, 0.2) is 53.1 Å². The molecular formula is C18H16N2O4.